The molecule has 0 fully saturated rings. The first-order valence-corrected chi connectivity index (χ1v) is 29.4. The SMILES string of the molecule is CCCCCCCC/C=C\CCCCCCCC(=O)OCCCCCCCCCCCCCCCCCCC(=O)NC(CO)C(O)CCCCCCCCCCCCCCCCCCC. The molecule has 0 bridgehead atoms. The van der Waals surface area contributed by atoms with E-state index in [-0.39, 0.29) is 18.5 Å². The average Bonchev–Trinajstić information content (AvgIpc) is 3.31. The van der Waals surface area contributed by atoms with Gasteiger partial charge < -0.3 is 20.3 Å². The van der Waals surface area contributed by atoms with E-state index in [4.69, 9.17) is 4.74 Å². The van der Waals surface area contributed by atoms with Crippen molar-refractivity contribution >= 4 is 11.9 Å². The van der Waals surface area contributed by atoms with Gasteiger partial charge >= 0.3 is 5.97 Å². The lowest BCUT2D eigenvalue weighted by Crippen LogP contribution is -2.45. The second-order valence-electron chi connectivity index (χ2n) is 20.3. The van der Waals surface area contributed by atoms with Crippen molar-refractivity contribution in [3.05, 3.63) is 12.2 Å². The zero-order valence-electron chi connectivity index (χ0n) is 44.0. The van der Waals surface area contributed by atoms with Crippen LogP contribution in [0.15, 0.2) is 12.2 Å². The number of carbonyl (C=O) groups is 2. The minimum absolute atomic E-state index is 0.00395. The number of nitrogens with one attached hydrogen (secondary N) is 1. The molecular formula is C59H115NO5. The molecule has 0 heterocycles. The van der Waals surface area contributed by atoms with E-state index in [2.05, 4.69) is 31.3 Å². The maximum Gasteiger partial charge on any atom is 0.305 e. The first kappa shape index (κ1) is 63.6. The number of hydrogen-bond donors (Lipinski definition) is 3. The molecule has 0 rings (SSSR count). The summed E-state index contributed by atoms with van der Waals surface area (Å²) in [6, 6.07) is -0.546. The van der Waals surface area contributed by atoms with Gasteiger partial charge in [-0.3, -0.25) is 9.59 Å². The van der Waals surface area contributed by atoms with E-state index in [9.17, 15) is 19.8 Å². The number of esters is 1. The summed E-state index contributed by atoms with van der Waals surface area (Å²) in [4.78, 5) is 24.5. The number of allylic oxidation sites excluding steroid dienone is 2. The second-order valence-corrected chi connectivity index (χ2v) is 20.3. The second kappa shape index (κ2) is 55.2. The molecule has 386 valence electrons. The molecule has 2 unspecified atom stereocenters. The Morgan fingerprint density at radius 1 is 0.415 bits per heavy atom. The fourth-order valence-corrected chi connectivity index (χ4v) is 9.28. The molecule has 0 aromatic rings. The van der Waals surface area contributed by atoms with Crippen LogP contribution in [0.1, 0.15) is 328 Å². The van der Waals surface area contributed by atoms with Crippen molar-refractivity contribution in [3.63, 3.8) is 0 Å². The number of aliphatic hydroxyl groups is 2. The number of ether oxygens (including phenoxy) is 1. The summed E-state index contributed by atoms with van der Waals surface area (Å²) >= 11 is 0. The lowest BCUT2D eigenvalue weighted by molar-refractivity contribution is -0.143. The molecule has 0 aromatic carbocycles. The van der Waals surface area contributed by atoms with Crippen LogP contribution < -0.4 is 5.32 Å². The molecule has 1 amide bonds. The lowest BCUT2D eigenvalue weighted by Gasteiger charge is -2.22. The first-order valence-electron chi connectivity index (χ1n) is 29.4. The van der Waals surface area contributed by atoms with E-state index >= 15 is 0 Å². The first-order chi connectivity index (χ1) is 32.0. The van der Waals surface area contributed by atoms with Crippen molar-refractivity contribution in [2.24, 2.45) is 0 Å². The van der Waals surface area contributed by atoms with Gasteiger partial charge in [-0.15, -0.1) is 0 Å². The zero-order chi connectivity index (χ0) is 47.2. The smallest absolute Gasteiger partial charge is 0.305 e. The molecule has 0 aliphatic carbocycles. The molecule has 65 heavy (non-hydrogen) atoms. The maximum absolute atomic E-state index is 12.5. The topological polar surface area (TPSA) is 95.9 Å². The standard InChI is InChI=1S/C59H115NO5/c1-3-5-7-9-11-13-15-17-19-20-24-27-31-35-39-43-47-51-57(62)56(55-61)60-58(63)52-48-44-40-36-32-28-25-21-22-26-30-34-38-42-46-50-54-65-59(64)53-49-45-41-37-33-29-23-18-16-14-12-10-8-6-4-2/h18,23,56-57,61-62H,3-17,19-22,24-55H2,1-2H3,(H,60,63)/b23-18-. The van der Waals surface area contributed by atoms with Crippen LogP contribution in [0.2, 0.25) is 0 Å². The summed E-state index contributed by atoms with van der Waals surface area (Å²) in [5.74, 6) is -0.0432. The van der Waals surface area contributed by atoms with Gasteiger partial charge in [0.15, 0.2) is 0 Å². The molecule has 0 aliphatic rings. The Kier molecular flexibility index (Phi) is 54.0. The third-order valence-corrected chi connectivity index (χ3v) is 13.8. The van der Waals surface area contributed by atoms with Crippen LogP contribution in [0.4, 0.5) is 0 Å². The number of unbranched alkanes of at least 4 members (excludes halogenated alkanes) is 42. The van der Waals surface area contributed by atoms with Crippen molar-refractivity contribution in [2.75, 3.05) is 13.2 Å². The monoisotopic (exact) mass is 918 g/mol. The average molecular weight is 919 g/mol. The minimum Gasteiger partial charge on any atom is -0.466 e. The normalized spacial score (nSPS) is 12.6. The predicted molar refractivity (Wildman–Crippen MR) is 283 cm³/mol. The lowest BCUT2D eigenvalue weighted by atomic mass is 10.0. The Morgan fingerprint density at radius 3 is 1.09 bits per heavy atom. The van der Waals surface area contributed by atoms with Gasteiger partial charge in [0, 0.05) is 12.8 Å². The summed E-state index contributed by atoms with van der Waals surface area (Å²) in [5.41, 5.74) is 0. The summed E-state index contributed by atoms with van der Waals surface area (Å²) in [7, 11) is 0. The van der Waals surface area contributed by atoms with E-state index < -0.39 is 12.1 Å². The number of amides is 1. The van der Waals surface area contributed by atoms with E-state index in [1.54, 1.807) is 0 Å². The molecule has 0 radical (unpaired) electrons. The maximum atomic E-state index is 12.5. The molecule has 0 aromatic heterocycles. The Bertz CT molecular complexity index is 970. The minimum atomic E-state index is -0.669. The van der Waals surface area contributed by atoms with Crippen LogP contribution in [0, 0.1) is 0 Å². The fraction of sp³-hybridized carbons (Fsp3) is 0.932. The van der Waals surface area contributed by atoms with Crippen molar-refractivity contribution in [3.8, 4) is 0 Å². The highest BCUT2D eigenvalue weighted by atomic mass is 16.5. The van der Waals surface area contributed by atoms with Crippen LogP contribution in [0.5, 0.6) is 0 Å². The number of aliphatic hydroxyl groups excluding tert-OH is 2. The number of hydrogen-bond acceptors (Lipinski definition) is 5. The van der Waals surface area contributed by atoms with Crippen LogP contribution >= 0.6 is 0 Å². The summed E-state index contributed by atoms with van der Waals surface area (Å²) in [6.07, 6.45) is 64.8. The molecule has 0 aliphatic heterocycles. The quantitative estimate of drug-likeness (QED) is 0.0321. The van der Waals surface area contributed by atoms with Crippen LogP contribution in [0.3, 0.4) is 0 Å². The summed E-state index contributed by atoms with van der Waals surface area (Å²) in [6.45, 7) is 4.95. The van der Waals surface area contributed by atoms with Gasteiger partial charge in [0.2, 0.25) is 5.91 Å². The highest BCUT2D eigenvalue weighted by Gasteiger charge is 2.20. The number of carbonyl (C=O) groups excluding carboxylic acids is 2. The van der Waals surface area contributed by atoms with Crippen molar-refractivity contribution < 1.29 is 24.5 Å². The van der Waals surface area contributed by atoms with Gasteiger partial charge in [-0.1, -0.05) is 276 Å². The highest BCUT2D eigenvalue weighted by Crippen LogP contribution is 2.18. The third kappa shape index (κ3) is 51.8. The Labute approximate surface area is 406 Å². The Balaban J connectivity index is 3.42. The Morgan fingerprint density at radius 2 is 0.723 bits per heavy atom. The molecule has 2 atom stereocenters. The molecule has 0 saturated carbocycles. The van der Waals surface area contributed by atoms with Gasteiger partial charge in [-0.2, -0.15) is 0 Å². The van der Waals surface area contributed by atoms with Gasteiger partial charge in [0.25, 0.3) is 0 Å². The number of rotatable bonds is 55. The van der Waals surface area contributed by atoms with Crippen molar-refractivity contribution in [1.29, 1.82) is 0 Å². The molecule has 6 nitrogen and oxygen atoms in total. The molecule has 0 saturated heterocycles. The molecule has 3 N–H and O–H groups in total. The van der Waals surface area contributed by atoms with Crippen LogP contribution in [0.25, 0.3) is 0 Å². The molecular weight excluding hydrogens is 803 g/mol. The van der Waals surface area contributed by atoms with E-state index in [0.717, 1.165) is 44.9 Å². The largest absolute Gasteiger partial charge is 0.466 e. The predicted octanol–water partition coefficient (Wildman–Crippen LogP) is 18.1. The Hall–Kier alpha value is -1.40. The highest BCUT2D eigenvalue weighted by molar-refractivity contribution is 5.76. The zero-order valence-corrected chi connectivity index (χ0v) is 44.0. The van der Waals surface area contributed by atoms with E-state index in [1.165, 1.54) is 250 Å². The van der Waals surface area contributed by atoms with E-state index in [1.807, 2.05) is 0 Å². The third-order valence-electron chi connectivity index (χ3n) is 13.8. The van der Waals surface area contributed by atoms with Crippen molar-refractivity contribution in [2.45, 2.75) is 341 Å². The van der Waals surface area contributed by atoms with Gasteiger partial charge in [-0.25, -0.2) is 0 Å². The fourth-order valence-electron chi connectivity index (χ4n) is 9.28. The summed E-state index contributed by atoms with van der Waals surface area (Å²) < 4.78 is 5.47. The molecule has 6 heteroatoms. The van der Waals surface area contributed by atoms with Gasteiger partial charge in [0.05, 0.1) is 25.4 Å². The van der Waals surface area contributed by atoms with Crippen molar-refractivity contribution in [1.82, 2.24) is 5.32 Å². The molecule has 0 spiro atoms. The van der Waals surface area contributed by atoms with E-state index in [0.29, 0.717) is 25.9 Å². The van der Waals surface area contributed by atoms with Gasteiger partial charge in [0.1, 0.15) is 0 Å². The van der Waals surface area contributed by atoms with Crippen LogP contribution in [-0.4, -0.2) is 47.4 Å². The van der Waals surface area contributed by atoms with Crippen LogP contribution in [-0.2, 0) is 14.3 Å². The summed E-state index contributed by atoms with van der Waals surface area (Å²) in [5, 5.41) is 23.3. The van der Waals surface area contributed by atoms with Gasteiger partial charge in [-0.05, 0) is 51.4 Å².